The van der Waals surface area contributed by atoms with Gasteiger partial charge in [-0.05, 0) is 41.8 Å². The standard InChI is InChI=1S/C27H20N4O3S/c32-25(28-22-12-6-8-18-7-4-5-11-21(18)22)16-35-27-30-29-26(31(27)20-9-2-1-3-10-20)19-13-14-23-24(15-19)34-17-33-23/h1-15H,16-17H2,(H,28,32). The number of aromatic nitrogens is 3. The normalized spacial score (nSPS) is 12.1. The molecule has 5 aromatic rings. The van der Waals surface area contributed by atoms with E-state index < -0.39 is 0 Å². The molecule has 0 spiro atoms. The fourth-order valence-electron chi connectivity index (χ4n) is 4.05. The van der Waals surface area contributed by atoms with E-state index in [1.165, 1.54) is 11.8 Å². The van der Waals surface area contributed by atoms with Gasteiger partial charge in [-0.1, -0.05) is 66.4 Å². The van der Waals surface area contributed by atoms with Gasteiger partial charge in [-0.2, -0.15) is 0 Å². The fraction of sp³-hybridized carbons (Fsp3) is 0.0741. The zero-order chi connectivity index (χ0) is 23.6. The maximum Gasteiger partial charge on any atom is 0.234 e. The Bertz CT molecular complexity index is 1530. The minimum atomic E-state index is -0.112. The summed E-state index contributed by atoms with van der Waals surface area (Å²) in [6, 6.07) is 29.4. The van der Waals surface area contributed by atoms with Gasteiger partial charge in [0.15, 0.2) is 22.5 Å². The molecule has 4 aromatic carbocycles. The predicted octanol–water partition coefficient (Wildman–Crippen LogP) is 5.55. The molecule has 0 fully saturated rings. The number of para-hydroxylation sites is 1. The number of anilines is 1. The molecule has 0 bridgehead atoms. The van der Waals surface area contributed by atoms with Gasteiger partial charge in [0.2, 0.25) is 12.7 Å². The van der Waals surface area contributed by atoms with E-state index in [-0.39, 0.29) is 18.5 Å². The van der Waals surface area contributed by atoms with Crippen molar-refractivity contribution in [3.8, 4) is 28.6 Å². The van der Waals surface area contributed by atoms with Gasteiger partial charge in [0.1, 0.15) is 0 Å². The first-order valence-electron chi connectivity index (χ1n) is 11.1. The van der Waals surface area contributed by atoms with Crippen molar-refractivity contribution in [1.29, 1.82) is 0 Å². The van der Waals surface area contributed by atoms with Crippen LogP contribution in [-0.4, -0.2) is 33.2 Å². The Kier molecular flexibility index (Phi) is 5.56. The van der Waals surface area contributed by atoms with Gasteiger partial charge in [0, 0.05) is 22.3 Å². The number of ether oxygens (including phenoxy) is 2. The molecule has 0 radical (unpaired) electrons. The lowest BCUT2D eigenvalue weighted by atomic mass is 10.1. The molecule has 6 rings (SSSR count). The van der Waals surface area contributed by atoms with Crippen molar-refractivity contribution in [2.45, 2.75) is 5.16 Å². The van der Waals surface area contributed by atoms with Crippen LogP contribution in [0, 0.1) is 0 Å². The van der Waals surface area contributed by atoms with Gasteiger partial charge in [-0.25, -0.2) is 0 Å². The second-order valence-corrected chi connectivity index (χ2v) is 8.85. The summed E-state index contributed by atoms with van der Waals surface area (Å²) in [5.41, 5.74) is 2.54. The quantitative estimate of drug-likeness (QED) is 0.321. The lowest BCUT2D eigenvalue weighted by molar-refractivity contribution is -0.113. The van der Waals surface area contributed by atoms with Gasteiger partial charge < -0.3 is 14.8 Å². The van der Waals surface area contributed by atoms with Gasteiger partial charge in [-0.15, -0.1) is 10.2 Å². The molecule has 1 N–H and O–H groups in total. The van der Waals surface area contributed by atoms with E-state index in [9.17, 15) is 4.79 Å². The SMILES string of the molecule is O=C(CSc1nnc(-c2ccc3c(c2)OCO3)n1-c1ccccc1)Nc1cccc2ccccc12. The first kappa shape index (κ1) is 21.2. The highest BCUT2D eigenvalue weighted by molar-refractivity contribution is 7.99. The number of nitrogens with one attached hydrogen (secondary N) is 1. The molecule has 1 aromatic heterocycles. The van der Waals surface area contributed by atoms with Crippen molar-refractivity contribution in [3.05, 3.63) is 91.0 Å². The van der Waals surface area contributed by atoms with Gasteiger partial charge >= 0.3 is 0 Å². The molecule has 0 saturated heterocycles. The van der Waals surface area contributed by atoms with Crippen LogP contribution in [0.4, 0.5) is 5.69 Å². The summed E-state index contributed by atoms with van der Waals surface area (Å²) in [5.74, 6) is 2.12. The van der Waals surface area contributed by atoms with E-state index in [2.05, 4.69) is 15.5 Å². The Hall–Kier alpha value is -4.30. The predicted molar refractivity (Wildman–Crippen MR) is 136 cm³/mol. The minimum absolute atomic E-state index is 0.112. The first-order chi connectivity index (χ1) is 17.3. The molecular weight excluding hydrogens is 460 g/mol. The summed E-state index contributed by atoms with van der Waals surface area (Å²) in [7, 11) is 0. The maximum absolute atomic E-state index is 12.9. The molecule has 172 valence electrons. The van der Waals surface area contributed by atoms with E-state index in [1.807, 2.05) is 95.6 Å². The number of carbonyl (C=O) groups is 1. The van der Waals surface area contributed by atoms with Crippen LogP contribution in [0.3, 0.4) is 0 Å². The highest BCUT2D eigenvalue weighted by Gasteiger charge is 2.20. The number of fused-ring (bicyclic) bond motifs is 2. The van der Waals surface area contributed by atoms with E-state index in [1.54, 1.807) is 0 Å². The first-order valence-corrected chi connectivity index (χ1v) is 12.1. The summed E-state index contributed by atoms with van der Waals surface area (Å²) >= 11 is 1.34. The minimum Gasteiger partial charge on any atom is -0.454 e. The monoisotopic (exact) mass is 480 g/mol. The highest BCUT2D eigenvalue weighted by atomic mass is 32.2. The van der Waals surface area contributed by atoms with Crippen LogP contribution in [0.2, 0.25) is 0 Å². The van der Waals surface area contributed by atoms with Gasteiger partial charge in [-0.3, -0.25) is 9.36 Å². The third kappa shape index (κ3) is 4.20. The lowest BCUT2D eigenvalue weighted by Gasteiger charge is -2.11. The maximum atomic E-state index is 12.9. The Labute approximate surface area is 205 Å². The van der Waals surface area contributed by atoms with Crippen LogP contribution in [0.1, 0.15) is 0 Å². The van der Waals surface area contributed by atoms with Crippen LogP contribution >= 0.6 is 11.8 Å². The average molecular weight is 481 g/mol. The zero-order valence-electron chi connectivity index (χ0n) is 18.5. The summed E-state index contributed by atoms with van der Waals surface area (Å²) < 4.78 is 12.9. The molecule has 2 heterocycles. The molecule has 0 saturated carbocycles. The third-order valence-corrected chi connectivity index (χ3v) is 6.60. The molecule has 0 aliphatic carbocycles. The fourth-order valence-corrected chi connectivity index (χ4v) is 4.80. The van der Waals surface area contributed by atoms with E-state index in [0.717, 1.165) is 27.7 Å². The summed E-state index contributed by atoms with van der Waals surface area (Å²) in [6.45, 7) is 0.205. The van der Waals surface area contributed by atoms with Crippen molar-refractivity contribution in [2.24, 2.45) is 0 Å². The lowest BCUT2D eigenvalue weighted by Crippen LogP contribution is -2.14. The molecule has 0 atom stereocenters. The topological polar surface area (TPSA) is 78.3 Å². The van der Waals surface area contributed by atoms with Crippen molar-refractivity contribution < 1.29 is 14.3 Å². The Morgan fingerprint density at radius 1 is 0.886 bits per heavy atom. The summed E-state index contributed by atoms with van der Waals surface area (Å²) in [5, 5.41) is 14.6. The number of amides is 1. The molecule has 1 aliphatic rings. The molecule has 8 heteroatoms. The summed E-state index contributed by atoms with van der Waals surface area (Å²) in [6.07, 6.45) is 0. The van der Waals surface area contributed by atoms with E-state index in [0.29, 0.717) is 22.5 Å². The average Bonchev–Trinajstić information content (AvgIpc) is 3.55. The number of carbonyl (C=O) groups excluding carboxylic acids is 1. The molecule has 35 heavy (non-hydrogen) atoms. The van der Waals surface area contributed by atoms with Crippen molar-refractivity contribution >= 4 is 34.1 Å². The second kappa shape index (κ2) is 9.15. The summed E-state index contributed by atoms with van der Waals surface area (Å²) in [4.78, 5) is 12.9. The second-order valence-electron chi connectivity index (χ2n) is 7.91. The van der Waals surface area contributed by atoms with E-state index >= 15 is 0 Å². The van der Waals surface area contributed by atoms with Crippen molar-refractivity contribution in [2.75, 3.05) is 17.9 Å². The Balaban J connectivity index is 1.28. The zero-order valence-corrected chi connectivity index (χ0v) is 19.4. The van der Waals surface area contributed by atoms with Gasteiger partial charge in [0.05, 0.1) is 5.75 Å². The van der Waals surface area contributed by atoms with Crippen LogP contribution in [0.25, 0.3) is 27.8 Å². The number of benzene rings is 4. The van der Waals surface area contributed by atoms with E-state index in [4.69, 9.17) is 9.47 Å². The van der Waals surface area contributed by atoms with Crippen molar-refractivity contribution in [1.82, 2.24) is 14.8 Å². The van der Waals surface area contributed by atoms with Crippen LogP contribution in [0.5, 0.6) is 11.5 Å². The Morgan fingerprint density at radius 3 is 2.60 bits per heavy atom. The number of rotatable bonds is 6. The van der Waals surface area contributed by atoms with Crippen LogP contribution in [0.15, 0.2) is 96.2 Å². The third-order valence-electron chi connectivity index (χ3n) is 5.67. The molecule has 1 amide bonds. The van der Waals surface area contributed by atoms with Crippen LogP contribution in [-0.2, 0) is 4.79 Å². The molecule has 1 aliphatic heterocycles. The van der Waals surface area contributed by atoms with Gasteiger partial charge in [0.25, 0.3) is 0 Å². The molecular formula is C27H20N4O3S. The Morgan fingerprint density at radius 2 is 1.69 bits per heavy atom. The highest BCUT2D eigenvalue weighted by Crippen LogP contribution is 2.37. The smallest absolute Gasteiger partial charge is 0.234 e. The van der Waals surface area contributed by atoms with Crippen LogP contribution < -0.4 is 14.8 Å². The van der Waals surface area contributed by atoms with Crippen molar-refractivity contribution in [3.63, 3.8) is 0 Å². The molecule has 0 unspecified atom stereocenters. The number of thioether (sulfide) groups is 1. The number of hydrogen-bond acceptors (Lipinski definition) is 6. The largest absolute Gasteiger partial charge is 0.454 e. The number of nitrogens with zero attached hydrogens (tertiary/aromatic N) is 3. The number of hydrogen-bond donors (Lipinski definition) is 1. The molecule has 7 nitrogen and oxygen atoms in total.